The molecule has 2 aliphatic rings. The first-order chi connectivity index (χ1) is 14.9. The largest absolute Gasteiger partial charge is 0.383 e. The predicted molar refractivity (Wildman–Crippen MR) is 127 cm³/mol. The molecule has 0 aliphatic carbocycles. The van der Waals surface area contributed by atoms with E-state index in [2.05, 4.69) is 61.3 Å². The van der Waals surface area contributed by atoms with Gasteiger partial charge < -0.3 is 15.1 Å². The van der Waals surface area contributed by atoms with Crippen molar-refractivity contribution in [1.29, 1.82) is 5.41 Å². The Morgan fingerprint density at radius 3 is 2.35 bits per heavy atom. The summed E-state index contributed by atoms with van der Waals surface area (Å²) in [5, 5.41) is 12.2. The standard InChI is InChI=1S/C26H32N4O/c1-17-14-18(2)24(19(3)15-17)30-12-7-10-22(25(30)27)23(28-4)26(31)29-13-11-20-8-5-6-9-21(20)16-29/h5-6,8-9,14-15,27-28H,7,10-13,16H2,1-4H3/b23-22-,27-25?. The number of amidine groups is 1. The SMILES string of the molecule is CN/C(C(=O)N1CCc2ccccc2C1)=C1/CCCN(c2c(C)cc(C)cc2C)C1=N. The van der Waals surface area contributed by atoms with E-state index in [1.165, 1.54) is 27.8 Å². The van der Waals surface area contributed by atoms with Gasteiger partial charge in [0.05, 0.1) is 0 Å². The van der Waals surface area contributed by atoms with Crippen LogP contribution in [-0.4, -0.2) is 36.8 Å². The zero-order valence-electron chi connectivity index (χ0n) is 19.0. The van der Waals surface area contributed by atoms with Crippen LogP contribution in [0.2, 0.25) is 0 Å². The number of hydrogen-bond donors (Lipinski definition) is 2. The maximum atomic E-state index is 13.5. The van der Waals surface area contributed by atoms with E-state index in [0.717, 1.165) is 37.1 Å². The van der Waals surface area contributed by atoms with E-state index < -0.39 is 0 Å². The Bertz CT molecular complexity index is 1050. The molecule has 0 radical (unpaired) electrons. The predicted octanol–water partition coefficient (Wildman–Crippen LogP) is 4.25. The van der Waals surface area contributed by atoms with Gasteiger partial charge in [-0.2, -0.15) is 0 Å². The number of benzene rings is 2. The third kappa shape index (κ3) is 3.97. The quantitative estimate of drug-likeness (QED) is 0.736. The fourth-order valence-corrected chi connectivity index (χ4v) is 5.09. The van der Waals surface area contributed by atoms with Crippen molar-refractivity contribution in [1.82, 2.24) is 10.2 Å². The Hall–Kier alpha value is -3.08. The van der Waals surface area contributed by atoms with Crippen LogP contribution in [0.3, 0.4) is 0 Å². The fourth-order valence-electron chi connectivity index (χ4n) is 5.09. The van der Waals surface area contributed by atoms with Gasteiger partial charge in [0.1, 0.15) is 11.5 Å². The van der Waals surface area contributed by atoms with Crippen LogP contribution in [0, 0.1) is 26.2 Å². The lowest BCUT2D eigenvalue weighted by atomic mass is 9.95. The molecule has 1 saturated heterocycles. The highest BCUT2D eigenvalue weighted by Crippen LogP contribution is 2.32. The van der Waals surface area contributed by atoms with Crippen LogP contribution in [0.1, 0.15) is 40.7 Å². The number of carbonyl (C=O) groups is 1. The number of rotatable bonds is 3. The number of aryl methyl sites for hydroxylation is 3. The van der Waals surface area contributed by atoms with E-state index in [4.69, 9.17) is 5.41 Å². The van der Waals surface area contributed by atoms with Crippen LogP contribution < -0.4 is 10.2 Å². The molecular weight excluding hydrogens is 384 g/mol. The number of hydrogen-bond acceptors (Lipinski definition) is 3. The first kappa shape index (κ1) is 21.2. The fraction of sp³-hybridized carbons (Fsp3) is 0.385. The van der Waals surface area contributed by atoms with E-state index in [1.54, 1.807) is 7.05 Å². The number of nitrogens with one attached hydrogen (secondary N) is 2. The summed E-state index contributed by atoms with van der Waals surface area (Å²) < 4.78 is 0. The molecule has 5 nitrogen and oxygen atoms in total. The van der Waals surface area contributed by atoms with Gasteiger partial charge in [0, 0.05) is 37.9 Å². The van der Waals surface area contributed by atoms with E-state index >= 15 is 0 Å². The van der Waals surface area contributed by atoms with Gasteiger partial charge in [0.15, 0.2) is 0 Å². The second-order valence-corrected chi connectivity index (χ2v) is 8.70. The molecule has 0 spiro atoms. The highest BCUT2D eigenvalue weighted by Gasteiger charge is 2.30. The molecule has 1 amide bonds. The van der Waals surface area contributed by atoms with Gasteiger partial charge in [-0.15, -0.1) is 0 Å². The van der Waals surface area contributed by atoms with Gasteiger partial charge in [-0.3, -0.25) is 10.2 Å². The third-order valence-corrected chi connectivity index (χ3v) is 6.45. The molecule has 2 aromatic carbocycles. The van der Waals surface area contributed by atoms with Gasteiger partial charge in [-0.05, 0) is 62.3 Å². The van der Waals surface area contributed by atoms with Crippen LogP contribution in [0.25, 0.3) is 0 Å². The number of fused-ring (bicyclic) bond motifs is 1. The molecule has 162 valence electrons. The van der Waals surface area contributed by atoms with Crippen LogP contribution in [0.15, 0.2) is 47.7 Å². The molecule has 5 heteroatoms. The number of amides is 1. The summed E-state index contributed by atoms with van der Waals surface area (Å²) >= 11 is 0. The van der Waals surface area contributed by atoms with Gasteiger partial charge in [-0.25, -0.2) is 0 Å². The molecule has 2 N–H and O–H groups in total. The van der Waals surface area contributed by atoms with Crippen molar-refractivity contribution in [2.24, 2.45) is 0 Å². The molecule has 2 aliphatic heterocycles. The average molecular weight is 417 g/mol. The summed E-state index contributed by atoms with van der Waals surface area (Å²) in [7, 11) is 1.80. The Morgan fingerprint density at radius 1 is 1.00 bits per heavy atom. The molecule has 0 saturated carbocycles. The highest BCUT2D eigenvalue weighted by molar-refractivity contribution is 6.13. The van der Waals surface area contributed by atoms with Crippen LogP contribution in [-0.2, 0) is 17.8 Å². The number of likely N-dealkylation sites (N-methyl/N-ethyl adjacent to an activating group) is 1. The van der Waals surface area contributed by atoms with Crippen molar-refractivity contribution in [3.05, 3.63) is 75.5 Å². The van der Waals surface area contributed by atoms with E-state index in [0.29, 0.717) is 24.6 Å². The molecule has 2 aromatic rings. The molecule has 0 atom stereocenters. The molecule has 2 heterocycles. The van der Waals surface area contributed by atoms with Crippen molar-refractivity contribution in [3.8, 4) is 0 Å². The summed E-state index contributed by atoms with van der Waals surface area (Å²) in [5.74, 6) is 0.437. The molecule has 4 rings (SSSR count). The first-order valence-corrected chi connectivity index (χ1v) is 11.1. The second kappa shape index (κ2) is 8.58. The molecular formula is C26H32N4O. The Balaban J connectivity index is 1.65. The lowest BCUT2D eigenvalue weighted by Gasteiger charge is -2.35. The highest BCUT2D eigenvalue weighted by atomic mass is 16.2. The minimum atomic E-state index is -0.00375. The lowest BCUT2D eigenvalue weighted by molar-refractivity contribution is -0.128. The summed E-state index contributed by atoms with van der Waals surface area (Å²) in [6.07, 6.45) is 2.54. The first-order valence-electron chi connectivity index (χ1n) is 11.1. The van der Waals surface area contributed by atoms with Crippen LogP contribution in [0.4, 0.5) is 5.69 Å². The second-order valence-electron chi connectivity index (χ2n) is 8.70. The van der Waals surface area contributed by atoms with E-state index in [9.17, 15) is 4.79 Å². The monoisotopic (exact) mass is 416 g/mol. The van der Waals surface area contributed by atoms with Crippen LogP contribution >= 0.6 is 0 Å². The normalized spacial score (nSPS) is 18.0. The van der Waals surface area contributed by atoms with Gasteiger partial charge >= 0.3 is 0 Å². The minimum absolute atomic E-state index is 0.00375. The molecule has 1 fully saturated rings. The number of carbonyl (C=O) groups excluding carboxylic acids is 1. The summed E-state index contributed by atoms with van der Waals surface area (Å²) in [5.41, 5.74) is 8.61. The maximum Gasteiger partial charge on any atom is 0.270 e. The van der Waals surface area contributed by atoms with E-state index in [1.807, 2.05) is 11.0 Å². The number of anilines is 1. The van der Waals surface area contributed by atoms with Crippen molar-refractivity contribution in [2.45, 2.75) is 46.6 Å². The van der Waals surface area contributed by atoms with Crippen LogP contribution in [0.5, 0.6) is 0 Å². The average Bonchev–Trinajstić information content (AvgIpc) is 2.75. The maximum absolute atomic E-state index is 13.5. The van der Waals surface area contributed by atoms with Crippen molar-refractivity contribution < 1.29 is 4.79 Å². The topological polar surface area (TPSA) is 59.4 Å². The number of piperidine rings is 1. The summed E-state index contributed by atoms with van der Waals surface area (Å²) in [6.45, 7) is 8.45. The molecule has 0 unspecified atom stereocenters. The zero-order valence-corrected chi connectivity index (χ0v) is 19.0. The van der Waals surface area contributed by atoms with E-state index in [-0.39, 0.29) is 5.91 Å². The van der Waals surface area contributed by atoms with Gasteiger partial charge in [0.2, 0.25) is 0 Å². The zero-order chi connectivity index (χ0) is 22.1. The lowest BCUT2D eigenvalue weighted by Crippen LogP contribution is -2.43. The van der Waals surface area contributed by atoms with Gasteiger partial charge in [0.25, 0.3) is 5.91 Å². The summed E-state index contributed by atoms with van der Waals surface area (Å²) in [6, 6.07) is 12.7. The Kier molecular flexibility index (Phi) is 5.86. The van der Waals surface area contributed by atoms with Gasteiger partial charge in [-0.1, -0.05) is 42.0 Å². The van der Waals surface area contributed by atoms with Crippen molar-refractivity contribution in [3.63, 3.8) is 0 Å². The number of nitrogens with zero attached hydrogens (tertiary/aromatic N) is 2. The summed E-state index contributed by atoms with van der Waals surface area (Å²) in [4.78, 5) is 17.5. The molecule has 31 heavy (non-hydrogen) atoms. The molecule has 0 aromatic heterocycles. The Labute approximate surface area is 185 Å². The third-order valence-electron chi connectivity index (χ3n) is 6.45. The van der Waals surface area contributed by atoms with Crippen molar-refractivity contribution >= 4 is 17.4 Å². The minimum Gasteiger partial charge on any atom is -0.383 e. The Morgan fingerprint density at radius 2 is 1.68 bits per heavy atom. The van der Waals surface area contributed by atoms with Crippen molar-refractivity contribution in [2.75, 3.05) is 25.0 Å². The molecule has 0 bridgehead atoms. The smallest absolute Gasteiger partial charge is 0.270 e.